The van der Waals surface area contributed by atoms with Crippen LogP contribution in [0, 0.1) is 29.6 Å². The van der Waals surface area contributed by atoms with Crippen molar-refractivity contribution in [1.29, 1.82) is 0 Å². The van der Waals surface area contributed by atoms with Crippen LogP contribution in [0.3, 0.4) is 0 Å². The lowest BCUT2D eigenvalue weighted by Crippen LogP contribution is -2.38. The molecule has 0 unspecified atom stereocenters. The number of aliphatic hydroxyl groups is 2. The van der Waals surface area contributed by atoms with Crippen LogP contribution in [-0.4, -0.2) is 41.3 Å². The topological polar surface area (TPSA) is 83.8 Å². The summed E-state index contributed by atoms with van der Waals surface area (Å²) in [6.45, 7) is 0. The third-order valence-corrected chi connectivity index (χ3v) is 7.65. The van der Waals surface area contributed by atoms with Gasteiger partial charge in [-0.3, -0.25) is 9.59 Å². The number of methoxy groups -OCH3 is 1. The highest BCUT2D eigenvalue weighted by Crippen LogP contribution is 2.48. The molecule has 3 aliphatic carbocycles. The number of ether oxygens (including phenoxy) is 1. The maximum Gasteiger partial charge on any atom is 0.305 e. The highest BCUT2D eigenvalue weighted by Gasteiger charge is 2.41. The third-order valence-electron chi connectivity index (χ3n) is 7.65. The molecule has 164 valence electrons. The third kappa shape index (κ3) is 5.91. The molecule has 3 rings (SSSR count). The van der Waals surface area contributed by atoms with Gasteiger partial charge in [-0.15, -0.1) is 0 Å². The summed E-state index contributed by atoms with van der Waals surface area (Å²) in [4.78, 5) is 23.5. The molecule has 4 atom stereocenters. The summed E-state index contributed by atoms with van der Waals surface area (Å²) in [5, 5.41) is 20.8. The Balaban J connectivity index is 1.39. The second-order valence-corrected chi connectivity index (χ2v) is 9.51. The lowest BCUT2D eigenvalue weighted by Gasteiger charge is -2.45. The SMILES string of the molecule is COC(=O)CCCCCC[C@H]1C(=O)C[C@@H](O)[C@@H]1C=C[C@H](O)C1CC(C2CCC2)C1. The van der Waals surface area contributed by atoms with Crippen LogP contribution >= 0.6 is 0 Å². The van der Waals surface area contributed by atoms with Crippen LogP contribution in [0.15, 0.2) is 12.2 Å². The Kier molecular flexibility index (Phi) is 8.31. The van der Waals surface area contributed by atoms with E-state index in [1.54, 1.807) is 0 Å². The van der Waals surface area contributed by atoms with Crippen molar-refractivity contribution in [3.63, 3.8) is 0 Å². The van der Waals surface area contributed by atoms with Gasteiger partial charge in [-0.25, -0.2) is 0 Å². The van der Waals surface area contributed by atoms with Crippen LogP contribution in [-0.2, 0) is 14.3 Å². The summed E-state index contributed by atoms with van der Waals surface area (Å²) in [6.07, 6.45) is 14.1. The molecule has 0 aliphatic heterocycles. The minimum atomic E-state index is -0.626. The second kappa shape index (κ2) is 10.7. The number of hydrogen-bond donors (Lipinski definition) is 2. The summed E-state index contributed by atoms with van der Waals surface area (Å²) in [5.74, 6) is 1.71. The largest absolute Gasteiger partial charge is 0.469 e. The lowest BCUT2D eigenvalue weighted by molar-refractivity contribution is -0.140. The average Bonchev–Trinajstić information content (AvgIpc) is 2.89. The van der Waals surface area contributed by atoms with Crippen LogP contribution in [0.4, 0.5) is 0 Å². The van der Waals surface area contributed by atoms with Gasteiger partial charge in [0.15, 0.2) is 0 Å². The summed E-state index contributed by atoms with van der Waals surface area (Å²) in [6, 6.07) is 0. The van der Waals surface area contributed by atoms with Crippen molar-refractivity contribution in [2.75, 3.05) is 7.11 Å². The fraction of sp³-hybridized carbons (Fsp3) is 0.833. The van der Waals surface area contributed by atoms with Crippen molar-refractivity contribution >= 4 is 11.8 Å². The number of carbonyl (C=O) groups excluding carboxylic acids is 2. The van der Waals surface area contributed by atoms with Crippen molar-refractivity contribution in [2.24, 2.45) is 29.6 Å². The monoisotopic (exact) mass is 406 g/mol. The van der Waals surface area contributed by atoms with E-state index >= 15 is 0 Å². The molecule has 2 N–H and O–H groups in total. The normalized spacial score (nSPS) is 33.5. The molecular formula is C24H38O5. The Morgan fingerprint density at radius 2 is 1.90 bits per heavy atom. The van der Waals surface area contributed by atoms with Crippen LogP contribution in [0.5, 0.6) is 0 Å². The lowest BCUT2D eigenvalue weighted by atomic mass is 9.61. The maximum absolute atomic E-state index is 12.3. The Morgan fingerprint density at radius 1 is 1.17 bits per heavy atom. The van der Waals surface area contributed by atoms with E-state index in [1.165, 1.54) is 26.4 Å². The van der Waals surface area contributed by atoms with E-state index < -0.39 is 12.2 Å². The number of Topliss-reactive ketones (excluding diaryl/α,β-unsaturated/α-hetero) is 1. The highest BCUT2D eigenvalue weighted by molar-refractivity contribution is 5.84. The van der Waals surface area contributed by atoms with Gasteiger partial charge >= 0.3 is 5.97 Å². The summed E-state index contributed by atoms with van der Waals surface area (Å²) >= 11 is 0. The predicted molar refractivity (Wildman–Crippen MR) is 111 cm³/mol. The molecule has 0 heterocycles. The van der Waals surface area contributed by atoms with E-state index in [1.807, 2.05) is 12.2 Å². The molecule has 0 aromatic rings. The van der Waals surface area contributed by atoms with E-state index in [0.717, 1.165) is 56.8 Å². The standard InChI is InChI=1S/C24H38O5/c1-29-24(28)10-5-3-2-4-9-19-20(23(27)15-22(19)26)11-12-21(25)18-13-17(14-18)16-7-6-8-16/h11-12,16-21,23,25,27H,2-10,13-15H2,1H3/t17?,18?,19-,20-,21+,23-/m1/s1. The average molecular weight is 407 g/mol. The van der Waals surface area contributed by atoms with Crippen LogP contribution < -0.4 is 0 Å². The highest BCUT2D eigenvalue weighted by atomic mass is 16.5. The first-order valence-electron chi connectivity index (χ1n) is 11.6. The number of aliphatic hydroxyl groups excluding tert-OH is 2. The summed E-state index contributed by atoms with van der Waals surface area (Å²) in [5.41, 5.74) is 0. The molecule has 3 saturated carbocycles. The van der Waals surface area contributed by atoms with E-state index in [0.29, 0.717) is 12.3 Å². The number of carbonyl (C=O) groups is 2. The Morgan fingerprint density at radius 3 is 2.55 bits per heavy atom. The van der Waals surface area contributed by atoms with Gasteiger partial charge in [0.25, 0.3) is 0 Å². The molecule has 29 heavy (non-hydrogen) atoms. The van der Waals surface area contributed by atoms with Gasteiger partial charge in [-0.1, -0.05) is 50.7 Å². The number of hydrogen-bond acceptors (Lipinski definition) is 5. The number of rotatable bonds is 11. The minimum Gasteiger partial charge on any atom is -0.469 e. The maximum atomic E-state index is 12.3. The molecule has 0 aromatic carbocycles. The summed E-state index contributed by atoms with van der Waals surface area (Å²) < 4.78 is 4.64. The molecule has 0 saturated heterocycles. The van der Waals surface area contributed by atoms with Gasteiger partial charge in [-0.05, 0) is 43.4 Å². The molecule has 3 fully saturated rings. The van der Waals surface area contributed by atoms with Crippen molar-refractivity contribution in [2.45, 2.75) is 89.3 Å². The van der Waals surface area contributed by atoms with E-state index in [9.17, 15) is 19.8 Å². The molecule has 0 amide bonds. The molecule has 3 aliphatic rings. The quantitative estimate of drug-likeness (QED) is 0.310. The van der Waals surface area contributed by atoms with E-state index in [-0.39, 0.29) is 30.0 Å². The second-order valence-electron chi connectivity index (χ2n) is 9.51. The number of esters is 1. The van der Waals surface area contributed by atoms with Gasteiger partial charge in [0, 0.05) is 24.7 Å². The zero-order valence-electron chi connectivity index (χ0n) is 17.8. The van der Waals surface area contributed by atoms with Crippen LogP contribution in [0.25, 0.3) is 0 Å². The first-order valence-corrected chi connectivity index (χ1v) is 11.6. The molecule has 5 heteroatoms. The fourth-order valence-corrected chi connectivity index (χ4v) is 5.36. The smallest absolute Gasteiger partial charge is 0.305 e. The zero-order valence-corrected chi connectivity index (χ0v) is 17.8. The molecule has 0 radical (unpaired) electrons. The van der Waals surface area contributed by atoms with E-state index in [2.05, 4.69) is 4.74 Å². The number of unbranched alkanes of at least 4 members (excludes halogenated alkanes) is 3. The van der Waals surface area contributed by atoms with Gasteiger partial charge in [-0.2, -0.15) is 0 Å². The fourth-order valence-electron chi connectivity index (χ4n) is 5.36. The molecule has 0 aromatic heterocycles. The van der Waals surface area contributed by atoms with Gasteiger partial charge in [0.1, 0.15) is 5.78 Å². The van der Waals surface area contributed by atoms with Crippen molar-refractivity contribution in [3.8, 4) is 0 Å². The number of ketones is 1. The van der Waals surface area contributed by atoms with Crippen LogP contribution in [0.2, 0.25) is 0 Å². The molecule has 0 spiro atoms. The predicted octanol–water partition coefficient (Wildman–Crippen LogP) is 3.81. The minimum absolute atomic E-state index is 0.141. The van der Waals surface area contributed by atoms with Crippen molar-refractivity contribution in [1.82, 2.24) is 0 Å². The van der Waals surface area contributed by atoms with E-state index in [4.69, 9.17) is 0 Å². The van der Waals surface area contributed by atoms with Crippen LogP contribution in [0.1, 0.15) is 77.0 Å². The Labute approximate surface area is 174 Å². The first kappa shape index (κ1) is 22.5. The summed E-state index contributed by atoms with van der Waals surface area (Å²) in [7, 11) is 1.40. The molecule has 5 nitrogen and oxygen atoms in total. The van der Waals surface area contributed by atoms with Gasteiger partial charge < -0.3 is 14.9 Å². The molecular weight excluding hydrogens is 368 g/mol. The van der Waals surface area contributed by atoms with Crippen molar-refractivity contribution < 1.29 is 24.5 Å². The zero-order chi connectivity index (χ0) is 20.8. The first-order chi connectivity index (χ1) is 14.0. The van der Waals surface area contributed by atoms with Crippen molar-refractivity contribution in [3.05, 3.63) is 12.2 Å². The van der Waals surface area contributed by atoms with Gasteiger partial charge in [0.2, 0.25) is 0 Å². The Hall–Kier alpha value is -1.20. The Bertz CT molecular complexity index is 576. The molecule has 0 bridgehead atoms. The van der Waals surface area contributed by atoms with Gasteiger partial charge in [0.05, 0.1) is 19.3 Å².